The number of alkyl halides is 1. The Bertz CT molecular complexity index is 320. The number of nitrogens with zero attached hydrogens (tertiary/aromatic N) is 1. The van der Waals surface area contributed by atoms with Crippen LogP contribution in [0.5, 0.6) is 5.88 Å². The number of halogens is 1. The van der Waals surface area contributed by atoms with Crippen molar-refractivity contribution in [3.8, 4) is 5.88 Å². The van der Waals surface area contributed by atoms with Gasteiger partial charge in [-0.25, -0.2) is 4.98 Å². The van der Waals surface area contributed by atoms with Gasteiger partial charge in [0, 0.05) is 17.6 Å². The highest BCUT2D eigenvalue weighted by Gasteiger charge is 2.22. The second kappa shape index (κ2) is 4.84. The molecule has 0 amide bonds. The van der Waals surface area contributed by atoms with E-state index in [-0.39, 0.29) is 10.8 Å². The van der Waals surface area contributed by atoms with Crippen molar-refractivity contribution in [2.45, 2.75) is 32.6 Å². The van der Waals surface area contributed by atoms with E-state index in [2.05, 4.69) is 25.8 Å². The molecule has 0 fully saturated rings. The summed E-state index contributed by atoms with van der Waals surface area (Å²) in [6.45, 7) is 6.43. The van der Waals surface area contributed by atoms with Crippen LogP contribution in [-0.4, -0.2) is 17.5 Å². The minimum absolute atomic E-state index is 0.109. The normalized spacial score (nSPS) is 13.7. The van der Waals surface area contributed by atoms with E-state index in [9.17, 15) is 0 Å². The molecule has 1 unspecified atom stereocenters. The predicted octanol–water partition coefficient (Wildman–Crippen LogP) is 3.29. The topological polar surface area (TPSA) is 22.1 Å². The van der Waals surface area contributed by atoms with Crippen molar-refractivity contribution in [2.24, 2.45) is 5.41 Å². The van der Waals surface area contributed by atoms with Gasteiger partial charge in [0.2, 0.25) is 5.88 Å². The minimum Gasteiger partial charge on any atom is -0.481 e. The third kappa shape index (κ3) is 3.71. The predicted molar refractivity (Wildman–Crippen MR) is 63.6 cm³/mol. The third-order valence-corrected chi connectivity index (χ3v) is 3.17. The number of methoxy groups -OCH3 is 1. The summed E-state index contributed by atoms with van der Waals surface area (Å²) in [5.74, 6) is 0.644. The first-order valence-electron chi connectivity index (χ1n) is 5.06. The molecule has 1 heterocycles. The van der Waals surface area contributed by atoms with Crippen LogP contribution in [0.25, 0.3) is 0 Å². The summed E-state index contributed by atoms with van der Waals surface area (Å²) in [5, 5.41) is 0.115. The minimum atomic E-state index is 0.109. The maximum Gasteiger partial charge on any atom is 0.213 e. The molecule has 3 heteroatoms. The molecule has 0 aliphatic rings. The van der Waals surface area contributed by atoms with Gasteiger partial charge < -0.3 is 4.74 Å². The van der Waals surface area contributed by atoms with Gasteiger partial charge >= 0.3 is 0 Å². The molecule has 0 saturated carbocycles. The van der Waals surface area contributed by atoms with E-state index in [1.807, 2.05) is 12.1 Å². The Morgan fingerprint density at radius 1 is 1.47 bits per heavy atom. The van der Waals surface area contributed by atoms with Gasteiger partial charge in [-0.1, -0.05) is 20.8 Å². The molecule has 1 aromatic rings. The van der Waals surface area contributed by atoms with Crippen LogP contribution >= 0.6 is 11.6 Å². The number of hydrogen-bond donors (Lipinski definition) is 0. The molecule has 1 atom stereocenters. The smallest absolute Gasteiger partial charge is 0.213 e. The standard InChI is InChI=1S/C12H18ClNO/c1-12(2,3)10(13)7-9-5-6-14-11(8-9)15-4/h5-6,8,10H,7H2,1-4H3. The Morgan fingerprint density at radius 2 is 2.13 bits per heavy atom. The largest absolute Gasteiger partial charge is 0.481 e. The number of ether oxygens (including phenoxy) is 1. The lowest BCUT2D eigenvalue weighted by atomic mass is 9.88. The number of pyridine rings is 1. The molecule has 0 N–H and O–H groups in total. The third-order valence-electron chi connectivity index (χ3n) is 2.36. The molecule has 0 spiro atoms. The lowest BCUT2D eigenvalue weighted by Gasteiger charge is -2.25. The molecule has 2 nitrogen and oxygen atoms in total. The van der Waals surface area contributed by atoms with Gasteiger partial charge in [0.1, 0.15) is 0 Å². The van der Waals surface area contributed by atoms with Crippen molar-refractivity contribution < 1.29 is 4.74 Å². The Labute approximate surface area is 96.6 Å². The SMILES string of the molecule is COc1cc(CC(Cl)C(C)(C)C)ccn1. The summed E-state index contributed by atoms with van der Waals surface area (Å²) >= 11 is 6.33. The molecule has 15 heavy (non-hydrogen) atoms. The fraction of sp³-hybridized carbons (Fsp3) is 0.583. The molecule has 84 valence electrons. The Hall–Kier alpha value is -0.760. The number of aromatic nitrogens is 1. The first kappa shape index (κ1) is 12.3. The average Bonchev–Trinajstić information content (AvgIpc) is 2.16. The van der Waals surface area contributed by atoms with E-state index < -0.39 is 0 Å². The van der Waals surface area contributed by atoms with Crippen LogP contribution in [0.2, 0.25) is 0 Å². The van der Waals surface area contributed by atoms with E-state index in [1.54, 1.807) is 13.3 Å². The average molecular weight is 228 g/mol. The second-order valence-corrected chi connectivity index (χ2v) is 5.27. The zero-order chi connectivity index (χ0) is 11.5. The summed E-state index contributed by atoms with van der Waals surface area (Å²) in [7, 11) is 1.62. The molecule has 1 rings (SSSR count). The van der Waals surface area contributed by atoms with E-state index >= 15 is 0 Å². The van der Waals surface area contributed by atoms with E-state index in [4.69, 9.17) is 16.3 Å². The quantitative estimate of drug-likeness (QED) is 0.740. The monoisotopic (exact) mass is 227 g/mol. The molecule has 0 aromatic carbocycles. The zero-order valence-electron chi connectivity index (χ0n) is 9.75. The van der Waals surface area contributed by atoms with Gasteiger partial charge in [-0.15, -0.1) is 11.6 Å². The Kier molecular flexibility index (Phi) is 3.97. The van der Waals surface area contributed by atoms with Gasteiger partial charge in [0.15, 0.2) is 0 Å². The molecule has 0 aliphatic heterocycles. The van der Waals surface area contributed by atoms with Crippen LogP contribution in [-0.2, 0) is 6.42 Å². The van der Waals surface area contributed by atoms with Crippen LogP contribution in [0, 0.1) is 5.41 Å². The Morgan fingerprint density at radius 3 is 2.67 bits per heavy atom. The molecular weight excluding hydrogens is 210 g/mol. The summed E-state index contributed by atoms with van der Waals surface area (Å²) < 4.78 is 5.07. The fourth-order valence-electron chi connectivity index (χ4n) is 1.20. The molecular formula is C12H18ClNO. The summed E-state index contributed by atoms with van der Waals surface area (Å²) in [6.07, 6.45) is 2.59. The van der Waals surface area contributed by atoms with Crippen molar-refractivity contribution in [1.82, 2.24) is 4.98 Å². The van der Waals surface area contributed by atoms with Crippen molar-refractivity contribution in [2.75, 3.05) is 7.11 Å². The van der Waals surface area contributed by atoms with Crippen LogP contribution < -0.4 is 4.74 Å². The maximum absolute atomic E-state index is 6.33. The zero-order valence-corrected chi connectivity index (χ0v) is 10.5. The molecule has 0 saturated heterocycles. The van der Waals surface area contributed by atoms with Crippen molar-refractivity contribution in [3.63, 3.8) is 0 Å². The van der Waals surface area contributed by atoms with Crippen LogP contribution in [0.15, 0.2) is 18.3 Å². The lowest BCUT2D eigenvalue weighted by molar-refractivity contribution is 0.382. The van der Waals surface area contributed by atoms with Crippen LogP contribution in [0.1, 0.15) is 26.3 Å². The molecule has 0 bridgehead atoms. The van der Waals surface area contributed by atoms with Crippen molar-refractivity contribution >= 4 is 11.6 Å². The number of hydrogen-bond acceptors (Lipinski definition) is 2. The fourth-order valence-corrected chi connectivity index (χ4v) is 1.38. The summed E-state index contributed by atoms with van der Waals surface area (Å²) in [5.41, 5.74) is 1.27. The van der Waals surface area contributed by atoms with Crippen LogP contribution in [0.3, 0.4) is 0 Å². The van der Waals surface area contributed by atoms with Gasteiger partial charge in [-0.3, -0.25) is 0 Å². The maximum atomic E-state index is 6.33. The summed E-state index contributed by atoms with van der Waals surface area (Å²) in [4.78, 5) is 4.06. The van der Waals surface area contributed by atoms with Crippen LogP contribution in [0.4, 0.5) is 0 Å². The first-order valence-corrected chi connectivity index (χ1v) is 5.50. The second-order valence-electron chi connectivity index (χ2n) is 4.74. The highest BCUT2D eigenvalue weighted by atomic mass is 35.5. The Balaban J connectivity index is 2.72. The lowest BCUT2D eigenvalue weighted by Crippen LogP contribution is -2.22. The van der Waals surface area contributed by atoms with E-state index in [0.717, 1.165) is 12.0 Å². The number of rotatable bonds is 3. The molecule has 0 aliphatic carbocycles. The first-order chi connectivity index (χ1) is 6.93. The molecule has 0 radical (unpaired) electrons. The van der Waals surface area contributed by atoms with E-state index in [1.165, 1.54) is 0 Å². The van der Waals surface area contributed by atoms with Gasteiger partial charge in [-0.05, 0) is 23.5 Å². The highest BCUT2D eigenvalue weighted by Crippen LogP contribution is 2.27. The van der Waals surface area contributed by atoms with Gasteiger partial charge in [0.25, 0.3) is 0 Å². The van der Waals surface area contributed by atoms with Crippen molar-refractivity contribution in [3.05, 3.63) is 23.9 Å². The van der Waals surface area contributed by atoms with Gasteiger partial charge in [-0.2, -0.15) is 0 Å². The highest BCUT2D eigenvalue weighted by molar-refractivity contribution is 6.21. The van der Waals surface area contributed by atoms with Crippen molar-refractivity contribution in [1.29, 1.82) is 0 Å². The summed E-state index contributed by atoms with van der Waals surface area (Å²) in [6, 6.07) is 3.91. The van der Waals surface area contributed by atoms with Gasteiger partial charge in [0.05, 0.1) is 7.11 Å². The molecule has 1 aromatic heterocycles. The van der Waals surface area contributed by atoms with E-state index in [0.29, 0.717) is 5.88 Å².